The highest BCUT2D eigenvalue weighted by atomic mass is 35.5. The van der Waals surface area contributed by atoms with Gasteiger partial charge >= 0.3 is 5.97 Å². The van der Waals surface area contributed by atoms with E-state index in [4.69, 9.17) is 21.1 Å². The summed E-state index contributed by atoms with van der Waals surface area (Å²) < 4.78 is 11.1. The second kappa shape index (κ2) is 11.8. The predicted octanol–water partition coefficient (Wildman–Crippen LogP) is 3.63. The number of rotatable bonds is 10. The summed E-state index contributed by atoms with van der Waals surface area (Å²) in [6.45, 7) is 7.62. The molecule has 0 spiro atoms. The van der Waals surface area contributed by atoms with Gasteiger partial charge in [-0.05, 0) is 25.7 Å². The maximum atomic E-state index is 12.7. The number of H-pyrrole nitrogens is 1. The van der Waals surface area contributed by atoms with Crippen molar-refractivity contribution in [1.82, 2.24) is 20.3 Å². The van der Waals surface area contributed by atoms with Gasteiger partial charge in [0, 0.05) is 25.1 Å². The number of halogens is 1. The maximum absolute atomic E-state index is 12.7. The van der Waals surface area contributed by atoms with Crippen LogP contribution in [0.15, 0.2) is 0 Å². The fourth-order valence-corrected chi connectivity index (χ4v) is 5.00. The van der Waals surface area contributed by atoms with Crippen molar-refractivity contribution in [2.75, 3.05) is 31.7 Å². The number of imidazole rings is 1. The van der Waals surface area contributed by atoms with E-state index in [1.165, 1.54) is 11.3 Å². The van der Waals surface area contributed by atoms with Gasteiger partial charge in [0.1, 0.15) is 0 Å². The Morgan fingerprint density at radius 1 is 1.27 bits per heavy atom. The summed E-state index contributed by atoms with van der Waals surface area (Å²) in [5, 5.41) is 4.10. The van der Waals surface area contributed by atoms with Crippen molar-refractivity contribution in [3.63, 3.8) is 0 Å². The smallest absolute Gasteiger partial charge is 0.358 e. The van der Waals surface area contributed by atoms with Crippen LogP contribution in [-0.4, -0.2) is 65.8 Å². The van der Waals surface area contributed by atoms with E-state index in [1.807, 2.05) is 13.8 Å². The molecule has 0 saturated carbocycles. The average molecular weight is 498 g/mol. The van der Waals surface area contributed by atoms with Crippen molar-refractivity contribution >= 4 is 39.9 Å². The van der Waals surface area contributed by atoms with E-state index in [1.54, 1.807) is 7.11 Å². The summed E-state index contributed by atoms with van der Waals surface area (Å²) >= 11 is 7.57. The molecule has 3 heterocycles. The molecule has 1 aliphatic rings. The molecule has 1 aliphatic heterocycles. The molecule has 0 bridgehead atoms. The summed E-state index contributed by atoms with van der Waals surface area (Å²) in [6.07, 6.45) is 3.60. The lowest BCUT2D eigenvalue weighted by Crippen LogP contribution is -2.55. The zero-order valence-corrected chi connectivity index (χ0v) is 21.1. The highest BCUT2D eigenvalue weighted by Gasteiger charge is 2.33. The standard InChI is InChI=1S/C22H32ClN5O4S/c1-5-8-11-32-21(30)17-16(7-3)33-22(26-17)28-10-9-14(15(12-28)31-4)25-20(29)19-24-13(6-2)18(23)27-19/h14-15H,5-12H2,1-4H3,(H,24,27)(H,25,29)/t14-,15+/m1/s1. The number of unbranched alkanes of at least 4 members (excludes halogenated alkanes) is 1. The van der Waals surface area contributed by atoms with Crippen LogP contribution >= 0.6 is 22.9 Å². The number of aromatic nitrogens is 3. The third kappa shape index (κ3) is 6.04. The Morgan fingerprint density at radius 3 is 2.70 bits per heavy atom. The molecule has 0 aromatic carbocycles. The SMILES string of the molecule is CCCCOC(=O)c1nc(N2CC[C@@H](NC(=O)c3nc(Cl)c(CC)[nH]3)[C@@H](OC)C2)sc1CC. The highest BCUT2D eigenvalue weighted by Crippen LogP contribution is 2.30. The van der Waals surface area contributed by atoms with Gasteiger partial charge in [-0.1, -0.05) is 38.8 Å². The van der Waals surface area contributed by atoms with Crippen molar-refractivity contribution in [2.45, 2.75) is 65.0 Å². The number of methoxy groups -OCH3 is 1. The Balaban J connectivity index is 1.66. The summed E-state index contributed by atoms with van der Waals surface area (Å²) in [5.41, 5.74) is 1.14. The summed E-state index contributed by atoms with van der Waals surface area (Å²) in [5.74, 6) is -0.471. The normalized spacial score (nSPS) is 18.4. The third-order valence-corrected chi connectivity index (χ3v) is 7.25. The lowest BCUT2D eigenvalue weighted by Gasteiger charge is -2.37. The van der Waals surface area contributed by atoms with Gasteiger partial charge in [-0.25, -0.2) is 14.8 Å². The Morgan fingerprint density at radius 2 is 2.06 bits per heavy atom. The minimum absolute atomic E-state index is 0.184. The van der Waals surface area contributed by atoms with Gasteiger partial charge in [-0.3, -0.25) is 4.79 Å². The minimum atomic E-state index is -0.364. The Bertz CT molecular complexity index is 963. The number of nitrogens with one attached hydrogen (secondary N) is 2. The molecule has 1 saturated heterocycles. The molecule has 2 N–H and O–H groups in total. The fourth-order valence-electron chi connectivity index (χ4n) is 3.71. The first kappa shape index (κ1) is 25.5. The quantitative estimate of drug-likeness (QED) is 0.381. The van der Waals surface area contributed by atoms with E-state index < -0.39 is 0 Å². The van der Waals surface area contributed by atoms with Gasteiger partial charge in [-0.2, -0.15) is 0 Å². The fraction of sp³-hybridized carbons (Fsp3) is 0.636. The minimum Gasteiger partial charge on any atom is -0.461 e. The van der Waals surface area contributed by atoms with Crippen molar-refractivity contribution in [3.8, 4) is 0 Å². The molecule has 1 amide bonds. The van der Waals surface area contributed by atoms with Crippen LogP contribution in [0.25, 0.3) is 0 Å². The van der Waals surface area contributed by atoms with Crippen molar-refractivity contribution in [1.29, 1.82) is 0 Å². The van der Waals surface area contributed by atoms with Crippen LogP contribution in [0.1, 0.15) is 71.7 Å². The number of aryl methyl sites for hydroxylation is 2. The average Bonchev–Trinajstić information content (AvgIpc) is 3.43. The Hall–Kier alpha value is -2.17. The topological polar surface area (TPSA) is 109 Å². The number of aromatic amines is 1. The molecule has 182 valence electrons. The second-order valence-electron chi connectivity index (χ2n) is 7.91. The number of hydrogen-bond donors (Lipinski definition) is 2. The Labute approximate surface area is 203 Å². The number of carbonyl (C=O) groups is 2. The van der Waals surface area contributed by atoms with E-state index in [-0.39, 0.29) is 29.8 Å². The van der Waals surface area contributed by atoms with Crippen molar-refractivity contribution in [3.05, 3.63) is 27.2 Å². The van der Waals surface area contributed by atoms with Gasteiger partial charge in [0.25, 0.3) is 5.91 Å². The number of carbonyl (C=O) groups excluding carboxylic acids is 2. The molecule has 0 radical (unpaired) electrons. The second-order valence-corrected chi connectivity index (χ2v) is 9.33. The van der Waals surface area contributed by atoms with Gasteiger partial charge < -0.3 is 24.7 Å². The van der Waals surface area contributed by atoms with E-state index in [9.17, 15) is 9.59 Å². The highest BCUT2D eigenvalue weighted by molar-refractivity contribution is 7.15. The number of ether oxygens (including phenoxy) is 2. The molecule has 11 heteroatoms. The van der Waals surface area contributed by atoms with E-state index in [2.05, 4.69) is 32.1 Å². The lowest BCUT2D eigenvalue weighted by molar-refractivity contribution is 0.0491. The monoisotopic (exact) mass is 497 g/mol. The molecular formula is C22H32ClN5O4S. The number of anilines is 1. The first-order valence-corrected chi connectivity index (χ1v) is 12.6. The molecule has 2 aromatic rings. The molecule has 2 aromatic heterocycles. The van der Waals surface area contributed by atoms with Crippen LogP contribution in [0.3, 0.4) is 0 Å². The molecule has 1 fully saturated rings. The number of piperidine rings is 1. The number of thiazole rings is 1. The van der Waals surface area contributed by atoms with Crippen LogP contribution in [-0.2, 0) is 22.3 Å². The third-order valence-electron chi connectivity index (χ3n) is 5.68. The molecular weight excluding hydrogens is 466 g/mol. The number of hydrogen-bond acceptors (Lipinski definition) is 8. The summed E-state index contributed by atoms with van der Waals surface area (Å²) in [4.78, 5) is 39.9. The summed E-state index contributed by atoms with van der Waals surface area (Å²) in [6, 6.07) is -0.184. The van der Waals surface area contributed by atoms with Gasteiger partial charge in [0.05, 0.1) is 24.4 Å². The van der Waals surface area contributed by atoms with Crippen LogP contribution in [0, 0.1) is 0 Å². The van der Waals surface area contributed by atoms with Crippen molar-refractivity contribution < 1.29 is 19.1 Å². The van der Waals surface area contributed by atoms with Gasteiger partial charge in [-0.15, -0.1) is 11.3 Å². The molecule has 0 unspecified atom stereocenters. The molecule has 9 nitrogen and oxygen atoms in total. The number of amides is 1. The number of esters is 1. The molecule has 2 atom stereocenters. The molecule has 33 heavy (non-hydrogen) atoms. The van der Waals surface area contributed by atoms with E-state index >= 15 is 0 Å². The lowest BCUT2D eigenvalue weighted by atomic mass is 10.0. The van der Waals surface area contributed by atoms with Gasteiger partial charge in [0.2, 0.25) is 0 Å². The van der Waals surface area contributed by atoms with E-state index in [0.29, 0.717) is 49.8 Å². The Kier molecular flexibility index (Phi) is 9.10. The largest absolute Gasteiger partial charge is 0.461 e. The first-order chi connectivity index (χ1) is 15.9. The molecule has 3 rings (SSSR count). The maximum Gasteiger partial charge on any atom is 0.358 e. The van der Waals surface area contributed by atoms with Crippen LogP contribution < -0.4 is 10.2 Å². The molecule has 0 aliphatic carbocycles. The zero-order valence-electron chi connectivity index (χ0n) is 19.6. The first-order valence-electron chi connectivity index (χ1n) is 11.4. The predicted molar refractivity (Wildman–Crippen MR) is 129 cm³/mol. The van der Waals surface area contributed by atoms with E-state index in [0.717, 1.165) is 28.5 Å². The van der Waals surface area contributed by atoms with Crippen LogP contribution in [0.5, 0.6) is 0 Å². The van der Waals surface area contributed by atoms with Gasteiger partial charge in [0.15, 0.2) is 21.8 Å². The van der Waals surface area contributed by atoms with Crippen molar-refractivity contribution in [2.24, 2.45) is 0 Å². The summed E-state index contributed by atoms with van der Waals surface area (Å²) in [7, 11) is 1.63. The van der Waals surface area contributed by atoms with Crippen LogP contribution in [0.4, 0.5) is 5.13 Å². The number of nitrogens with zero attached hydrogens (tertiary/aromatic N) is 3. The van der Waals surface area contributed by atoms with Crippen LogP contribution in [0.2, 0.25) is 5.15 Å². The zero-order chi connectivity index (χ0) is 24.0.